The molecule has 0 aromatic heterocycles. The lowest BCUT2D eigenvalue weighted by atomic mass is 9.75. The average molecular weight is 199 g/mol. The van der Waals surface area contributed by atoms with Crippen LogP contribution < -0.4 is 5.32 Å². The van der Waals surface area contributed by atoms with E-state index in [1.165, 1.54) is 25.8 Å². The Labute approximate surface area is 88.4 Å². The summed E-state index contributed by atoms with van der Waals surface area (Å²) in [6.45, 7) is 7.76. The molecule has 0 aromatic rings. The first kappa shape index (κ1) is 12.0. The topological polar surface area (TPSA) is 21.3 Å². The van der Waals surface area contributed by atoms with Gasteiger partial charge in [-0.05, 0) is 43.7 Å². The van der Waals surface area contributed by atoms with Gasteiger partial charge in [-0.2, -0.15) is 0 Å². The zero-order valence-corrected chi connectivity index (χ0v) is 9.88. The summed E-state index contributed by atoms with van der Waals surface area (Å²) in [4.78, 5) is 0. The van der Waals surface area contributed by atoms with Gasteiger partial charge in [-0.1, -0.05) is 20.3 Å². The van der Waals surface area contributed by atoms with Crippen LogP contribution in [0, 0.1) is 17.8 Å². The molecule has 3 unspecified atom stereocenters. The molecule has 0 heterocycles. The van der Waals surface area contributed by atoms with Crippen LogP contribution in [0.3, 0.4) is 0 Å². The maximum atomic E-state index is 5.31. The van der Waals surface area contributed by atoms with Crippen molar-refractivity contribution in [1.82, 2.24) is 5.32 Å². The summed E-state index contributed by atoms with van der Waals surface area (Å²) in [7, 11) is 1.82. The highest BCUT2D eigenvalue weighted by Gasteiger charge is 2.27. The predicted molar refractivity (Wildman–Crippen MR) is 60.4 cm³/mol. The molecule has 1 aliphatic rings. The van der Waals surface area contributed by atoms with Gasteiger partial charge in [-0.15, -0.1) is 0 Å². The monoisotopic (exact) mass is 199 g/mol. The fourth-order valence-electron chi connectivity index (χ4n) is 2.58. The summed E-state index contributed by atoms with van der Waals surface area (Å²) >= 11 is 0. The van der Waals surface area contributed by atoms with Gasteiger partial charge in [0.1, 0.15) is 0 Å². The fourth-order valence-corrected chi connectivity index (χ4v) is 2.58. The Morgan fingerprint density at radius 3 is 2.71 bits per heavy atom. The number of nitrogens with one attached hydrogen (secondary N) is 1. The molecule has 1 N–H and O–H groups in total. The van der Waals surface area contributed by atoms with Crippen molar-refractivity contribution in [2.75, 3.05) is 26.8 Å². The van der Waals surface area contributed by atoms with Crippen molar-refractivity contribution in [2.45, 2.75) is 33.1 Å². The van der Waals surface area contributed by atoms with Gasteiger partial charge in [0.05, 0.1) is 0 Å². The Morgan fingerprint density at radius 2 is 2.07 bits per heavy atom. The smallest absolute Gasteiger partial charge is 0.0493 e. The number of ether oxygens (including phenoxy) is 1. The lowest BCUT2D eigenvalue weighted by Crippen LogP contribution is -2.34. The molecule has 3 atom stereocenters. The van der Waals surface area contributed by atoms with E-state index in [4.69, 9.17) is 4.74 Å². The second-order valence-electron chi connectivity index (χ2n) is 4.70. The zero-order chi connectivity index (χ0) is 10.4. The van der Waals surface area contributed by atoms with E-state index in [0.29, 0.717) is 0 Å². The van der Waals surface area contributed by atoms with Gasteiger partial charge < -0.3 is 10.1 Å². The third-order valence-electron chi connectivity index (χ3n) is 3.44. The van der Waals surface area contributed by atoms with E-state index >= 15 is 0 Å². The van der Waals surface area contributed by atoms with Gasteiger partial charge >= 0.3 is 0 Å². The van der Waals surface area contributed by atoms with E-state index < -0.39 is 0 Å². The summed E-state index contributed by atoms with van der Waals surface area (Å²) in [5, 5.41) is 3.47. The minimum absolute atomic E-state index is 0.780. The molecule has 2 heteroatoms. The van der Waals surface area contributed by atoms with Crippen molar-refractivity contribution < 1.29 is 4.74 Å². The summed E-state index contributed by atoms with van der Waals surface area (Å²) in [6, 6.07) is 0. The Balaban J connectivity index is 2.36. The summed E-state index contributed by atoms with van der Waals surface area (Å²) < 4.78 is 5.31. The first-order chi connectivity index (χ1) is 6.77. The third kappa shape index (κ3) is 3.58. The second-order valence-corrected chi connectivity index (χ2v) is 4.70. The van der Waals surface area contributed by atoms with Crippen molar-refractivity contribution in [3.05, 3.63) is 0 Å². The second kappa shape index (κ2) is 6.41. The van der Waals surface area contributed by atoms with Crippen LogP contribution in [0.15, 0.2) is 0 Å². The van der Waals surface area contributed by atoms with Gasteiger partial charge in [-0.25, -0.2) is 0 Å². The van der Waals surface area contributed by atoms with Gasteiger partial charge in [0.15, 0.2) is 0 Å². The van der Waals surface area contributed by atoms with Crippen molar-refractivity contribution >= 4 is 0 Å². The lowest BCUT2D eigenvalue weighted by molar-refractivity contribution is 0.0772. The van der Waals surface area contributed by atoms with Crippen LogP contribution in [0.1, 0.15) is 33.1 Å². The summed E-state index contributed by atoms with van der Waals surface area (Å²) in [6.07, 6.45) is 4.13. The molecule has 1 rings (SSSR count). The molecule has 0 saturated heterocycles. The van der Waals surface area contributed by atoms with E-state index in [1.54, 1.807) is 0 Å². The molecule has 84 valence electrons. The van der Waals surface area contributed by atoms with Gasteiger partial charge in [0, 0.05) is 13.7 Å². The average Bonchev–Trinajstić information content (AvgIpc) is 2.17. The van der Waals surface area contributed by atoms with Crippen LogP contribution in [-0.4, -0.2) is 26.8 Å². The molecule has 0 aliphatic heterocycles. The van der Waals surface area contributed by atoms with E-state index in [1.807, 2.05) is 7.11 Å². The molecule has 1 fully saturated rings. The highest BCUT2D eigenvalue weighted by molar-refractivity contribution is 4.79. The van der Waals surface area contributed by atoms with E-state index in [9.17, 15) is 0 Å². The normalized spacial score (nSPS) is 33.2. The summed E-state index contributed by atoms with van der Waals surface area (Å²) in [5.41, 5.74) is 0. The highest BCUT2D eigenvalue weighted by atomic mass is 16.5. The zero-order valence-electron chi connectivity index (χ0n) is 9.88. The minimum atomic E-state index is 0.780. The van der Waals surface area contributed by atoms with Gasteiger partial charge in [0.2, 0.25) is 0 Å². The van der Waals surface area contributed by atoms with Crippen molar-refractivity contribution in [3.8, 4) is 0 Å². The Kier molecular flexibility index (Phi) is 5.49. The van der Waals surface area contributed by atoms with E-state index in [-0.39, 0.29) is 0 Å². The minimum Gasteiger partial charge on any atom is -0.384 e. The maximum Gasteiger partial charge on any atom is 0.0493 e. The Hall–Kier alpha value is -0.0800. The molecule has 0 spiro atoms. The quantitative estimate of drug-likeness (QED) is 0.733. The molecule has 0 radical (unpaired) electrons. The lowest BCUT2D eigenvalue weighted by Gasteiger charge is -2.34. The predicted octanol–water partition coefficient (Wildman–Crippen LogP) is 2.29. The molecule has 2 nitrogen and oxygen atoms in total. The summed E-state index contributed by atoms with van der Waals surface area (Å²) in [5.74, 6) is 2.52. The highest BCUT2D eigenvalue weighted by Crippen LogP contribution is 2.33. The standard InChI is InChI=1S/C12H25NO/c1-4-13-8-11-6-5-10(2)7-12(11)9-14-3/h10-13H,4-9H2,1-3H3. The van der Waals surface area contributed by atoms with Crippen LogP contribution in [0.25, 0.3) is 0 Å². The first-order valence-electron chi connectivity index (χ1n) is 5.97. The molecule has 0 aromatic carbocycles. The molecule has 1 aliphatic carbocycles. The SMILES string of the molecule is CCNCC1CCC(C)CC1COC. The number of rotatable bonds is 5. The van der Waals surface area contributed by atoms with Crippen molar-refractivity contribution in [1.29, 1.82) is 0 Å². The van der Waals surface area contributed by atoms with Crippen LogP contribution in [0.5, 0.6) is 0 Å². The first-order valence-corrected chi connectivity index (χ1v) is 5.97. The van der Waals surface area contributed by atoms with Gasteiger partial charge in [-0.3, -0.25) is 0 Å². The van der Waals surface area contributed by atoms with Crippen molar-refractivity contribution in [3.63, 3.8) is 0 Å². The molecule has 14 heavy (non-hydrogen) atoms. The Morgan fingerprint density at radius 1 is 1.29 bits per heavy atom. The fraction of sp³-hybridized carbons (Fsp3) is 1.00. The molecular weight excluding hydrogens is 174 g/mol. The Bertz CT molecular complexity index is 147. The van der Waals surface area contributed by atoms with Gasteiger partial charge in [0.25, 0.3) is 0 Å². The third-order valence-corrected chi connectivity index (χ3v) is 3.44. The van der Waals surface area contributed by atoms with Crippen LogP contribution in [0.4, 0.5) is 0 Å². The molecular formula is C12H25NO. The maximum absolute atomic E-state index is 5.31. The van der Waals surface area contributed by atoms with E-state index in [2.05, 4.69) is 19.2 Å². The molecule has 1 saturated carbocycles. The largest absolute Gasteiger partial charge is 0.384 e. The van der Waals surface area contributed by atoms with Crippen LogP contribution >= 0.6 is 0 Å². The van der Waals surface area contributed by atoms with E-state index in [0.717, 1.165) is 30.9 Å². The van der Waals surface area contributed by atoms with Crippen LogP contribution in [0.2, 0.25) is 0 Å². The molecule has 0 amide bonds. The number of methoxy groups -OCH3 is 1. The number of hydrogen-bond acceptors (Lipinski definition) is 2. The number of hydrogen-bond donors (Lipinski definition) is 1. The van der Waals surface area contributed by atoms with Crippen molar-refractivity contribution in [2.24, 2.45) is 17.8 Å². The molecule has 0 bridgehead atoms. The van der Waals surface area contributed by atoms with Crippen LogP contribution in [-0.2, 0) is 4.74 Å².